The highest BCUT2D eigenvalue weighted by Crippen LogP contribution is 2.40. The van der Waals surface area contributed by atoms with E-state index in [9.17, 15) is 13.0 Å². The van der Waals surface area contributed by atoms with Crippen LogP contribution in [-0.2, 0) is 35.9 Å². The van der Waals surface area contributed by atoms with Crippen LogP contribution >= 0.6 is 11.6 Å². The lowest BCUT2D eigenvalue weighted by Crippen LogP contribution is -2.14. The number of hydrogen-bond acceptors (Lipinski definition) is 3. The van der Waals surface area contributed by atoms with Gasteiger partial charge in [0, 0.05) is 29.5 Å². The lowest BCUT2D eigenvalue weighted by atomic mass is 10.0. The zero-order valence-electron chi connectivity index (χ0n) is 13.2. The number of rotatable bonds is 2. The van der Waals surface area contributed by atoms with E-state index in [1.54, 1.807) is 0 Å². The molecule has 0 bridgehead atoms. The van der Waals surface area contributed by atoms with Crippen LogP contribution in [0, 0.1) is 6.92 Å². The van der Waals surface area contributed by atoms with E-state index in [0.29, 0.717) is 10.7 Å². The summed E-state index contributed by atoms with van der Waals surface area (Å²) in [4.78, 5) is 4.39. The van der Waals surface area contributed by atoms with Crippen LogP contribution in [0.15, 0.2) is 18.2 Å². The smallest absolute Gasteiger partial charge is 0.270 e. The van der Waals surface area contributed by atoms with E-state index in [1.165, 1.54) is 0 Å². The molecule has 1 N–H and O–H groups in total. The molecule has 8 heteroatoms. The average Bonchev–Trinajstić information content (AvgIpc) is 2.94. The van der Waals surface area contributed by atoms with E-state index in [1.807, 2.05) is 41.3 Å². The van der Waals surface area contributed by atoms with E-state index in [-0.39, 0.29) is 0 Å². The van der Waals surface area contributed by atoms with Crippen LogP contribution in [0.2, 0.25) is 5.02 Å². The summed E-state index contributed by atoms with van der Waals surface area (Å²) < 4.78 is 36.1. The number of nitrogens with zero attached hydrogens (tertiary/aromatic N) is 3. The van der Waals surface area contributed by atoms with Crippen molar-refractivity contribution < 1.29 is 13.0 Å². The monoisotopic (exact) mass is 365 g/mol. The topological polar surface area (TPSA) is 77.1 Å². The number of aromatic nitrogens is 3. The standard InChI is InChI=1S/C16H16ClN3O3S/c1-9-18-13(8-24(21,22)23)16-15-11(5-6-20(9)16)12-7-10(17)3-4-14(12)19(15)2/h3-4,7H,5-6,8H2,1-2H3,(H,21,22,23). The molecule has 0 amide bonds. The molecule has 1 aliphatic rings. The molecule has 0 fully saturated rings. The Balaban J connectivity index is 2.06. The third-order valence-corrected chi connectivity index (χ3v) is 5.50. The van der Waals surface area contributed by atoms with Gasteiger partial charge in [0.2, 0.25) is 0 Å². The van der Waals surface area contributed by atoms with Crippen molar-refractivity contribution in [2.75, 3.05) is 0 Å². The van der Waals surface area contributed by atoms with Gasteiger partial charge in [-0.25, -0.2) is 4.98 Å². The van der Waals surface area contributed by atoms with Crippen molar-refractivity contribution in [1.82, 2.24) is 14.1 Å². The molecule has 6 nitrogen and oxygen atoms in total. The van der Waals surface area contributed by atoms with Gasteiger partial charge in [-0.15, -0.1) is 0 Å². The van der Waals surface area contributed by atoms with Gasteiger partial charge in [-0.2, -0.15) is 8.42 Å². The van der Waals surface area contributed by atoms with Crippen molar-refractivity contribution in [2.45, 2.75) is 25.6 Å². The Morgan fingerprint density at radius 3 is 2.79 bits per heavy atom. The minimum atomic E-state index is -4.16. The van der Waals surface area contributed by atoms with E-state index in [4.69, 9.17) is 11.6 Å². The van der Waals surface area contributed by atoms with Gasteiger partial charge in [-0.05, 0) is 37.1 Å². The molecule has 0 unspecified atom stereocenters. The Morgan fingerprint density at radius 1 is 1.33 bits per heavy atom. The highest BCUT2D eigenvalue weighted by atomic mass is 35.5. The second-order valence-electron chi connectivity index (χ2n) is 6.13. The molecule has 126 valence electrons. The predicted molar refractivity (Wildman–Crippen MR) is 92.8 cm³/mol. The second kappa shape index (κ2) is 5.08. The molecule has 1 aromatic carbocycles. The molecule has 0 aliphatic carbocycles. The summed E-state index contributed by atoms with van der Waals surface area (Å²) in [6.07, 6.45) is 0.822. The summed E-state index contributed by atoms with van der Waals surface area (Å²) in [5.41, 5.74) is 4.26. The molecule has 3 heterocycles. The van der Waals surface area contributed by atoms with Gasteiger partial charge in [0.25, 0.3) is 10.1 Å². The first-order valence-corrected chi connectivity index (χ1v) is 9.53. The fraction of sp³-hybridized carbons (Fsp3) is 0.312. The van der Waals surface area contributed by atoms with E-state index in [2.05, 4.69) is 4.98 Å². The normalized spacial score (nSPS) is 14.0. The Hall–Kier alpha value is -1.83. The summed E-state index contributed by atoms with van der Waals surface area (Å²) in [7, 11) is -2.21. The summed E-state index contributed by atoms with van der Waals surface area (Å²) in [5, 5.41) is 1.74. The molecule has 0 saturated heterocycles. The Morgan fingerprint density at radius 2 is 2.08 bits per heavy atom. The molecule has 4 rings (SSSR count). The number of halogens is 1. The summed E-state index contributed by atoms with van der Waals surface area (Å²) >= 11 is 6.15. The average molecular weight is 366 g/mol. The van der Waals surface area contributed by atoms with Crippen LogP contribution in [0.1, 0.15) is 17.1 Å². The maximum Gasteiger partial charge on any atom is 0.270 e. The Bertz CT molecular complexity index is 1100. The lowest BCUT2D eigenvalue weighted by molar-refractivity contribution is 0.481. The molecule has 3 aromatic rings. The van der Waals surface area contributed by atoms with Crippen molar-refractivity contribution in [2.24, 2.45) is 7.05 Å². The van der Waals surface area contributed by atoms with Crippen LogP contribution < -0.4 is 0 Å². The minimum absolute atomic E-state index is 0.382. The fourth-order valence-corrected chi connectivity index (χ4v) is 4.43. The van der Waals surface area contributed by atoms with Crippen LogP contribution in [0.25, 0.3) is 22.3 Å². The third kappa shape index (κ3) is 2.27. The predicted octanol–water partition coefficient (Wildman–Crippen LogP) is 2.95. The van der Waals surface area contributed by atoms with Crippen LogP contribution in [-0.4, -0.2) is 27.1 Å². The number of imidazole rings is 1. The molecular formula is C16H16ClN3O3S. The van der Waals surface area contributed by atoms with E-state index in [0.717, 1.165) is 46.6 Å². The van der Waals surface area contributed by atoms with Crippen LogP contribution in [0.4, 0.5) is 0 Å². The van der Waals surface area contributed by atoms with Gasteiger partial charge in [-0.3, -0.25) is 4.55 Å². The lowest BCUT2D eigenvalue weighted by Gasteiger charge is -2.19. The quantitative estimate of drug-likeness (QED) is 0.708. The number of fused-ring (bicyclic) bond motifs is 5. The molecule has 0 atom stereocenters. The van der Waals surface area contributed by atoms with Crippen LogP contribution in [0.5, 0.6) is 0 Å². The molecule has 0 spiro atoms. The highest BCUT2D eigenvalue weighted by molar-refractivity contribution is 7.85. The van der Waals surface area contributed by atoms with Gasteiger partial charge >= 0.3 is 0 Å². The first kappa shape index (κ1) is 15.7. The van der Waals surface area contributed by atoms with E-state index < -0.39 is 15.9 Å². The highest BCUT2D eigenvalue weighted by Gasteiger charge is 2.29. The summed E-state index contributed by atoms with van der Waals surface area (Å²) in [5.74, 6) is 0.260. The molecule has 2 aromatic heterocycles. The summed E-state index contributed by atoms with van der Waals surface area (Å²) in [6, 6.07) is 5.75. The maximum atomic E-state index is 11.4. The van der Waals surface area contributed by atoms with Gasteiger partial charge in [0.1, 0.15) is 11.6 Å². The number of aryl methyl sites for hydroxylation is 3. The molecule has 0 saturated carbocycles. The van der Waals surface area contributed by atoms with Crippen molar-refractivity contribution >= 4 is 32.6 Å². The Kier molecular flexibility index (Phi) is 3.32. The van der Waals surface area contributed by atoms with Crippen molar-refractivity contribution in [3.05, 3.63) is 40.3 Å². The van der Waals surface area contributed by atoms with Gasteiger partial charge in [0.05, 0.1) is 17.1 Å². The van der Waals surface area contributed by atoms with Gasteiger partial charge < -0.3 is 9.13 Å². The zero-order valence-corrected chi connectivity index (χ0v) is 14.8. The maximum absolute atomic E-state index is 11.4. The largest absolute Gasteiger partial charge is 0.342 e. The van der Waals surface area contributed by atoms with Crippen molar-refractivity contribution in [3.63, 3.8) is 0 Å². The van der Waals surface area contributed by atoms with Crippen LogP contribution in [0.3, 0.4) is 0 Å². The third-order valence-electron chi connectivity index (χ3n) is 4.63. The second-order valence-corrected chi connectivity index (χ2v) is 8.02. The number of benzene rings is 1. The molecule has 0 radical (unpaired) electrons. The molecule has 1 aliphatic heterocycles. The molecular weight excluding hydrogens is 350 g/mol. The number of hydrogen-bond donors (Lipinski definition) is 1. The van der Waals surface area contributed by atoms with E-state index >= 15 is 0 Å². The van der Waals surface area contributed by atoms with Crippen molar-refractivity contribution in [1.29, 1.82) is 0 Å². The summed E-state index contributed by atoms with van der Waals surface area (Å²) in [6.45, 7) is 2.57. The minimum Gasteiger partial charge on any atom is -0.342 e. The zero-order chi connectivity index (χ0) is 17.2. The van der Waals surface area contributed by atoms with Gasteiger partial charge in [0.15, 0.2) is 0 Å². The first-order valence-electron chi connectivity index (χ1n) is 7.54. The first-order chi connectivity index (χ1) is 11.3. The van der Waals surface area contributed by atoms with Crippen molar-refractivity contribution in [3.8, 4) is 11.4 Å². The van der Waals surface area contributed by atoms with Gasteiger partial charge in [-0.1, -0.05) is 11.6 Å². The SMILES string of the molecule is Cc1nc(CS(=O)(=O)O)c2n1CCc1c-2n(C)c2ccc(Cl)cc12. The fourth-order valence-electron chi connectivity index (χ4n) is 3.71. The molecule has 24 heavy (non-hydrogen) atoms. The Labute approximate surface area is 144 Å².